The fourth-order valence-corrected chi connectivity index (χ4v) is 3.84. The molecule has 9 heteroatoms. The van der Waals surface area contributed by atoms with Crippen molar-refractivity contribution in [2.24, 2.45) is 5.92 Å². The van der Waals surface area contributed by atoms with Gasteiger partial charge in [0.2, 0.25) is 5.82 Å². The Morgan fingerprint density at radius 2 is 1.11 bits per heavy atom. The maximum absolute atomic E-state index is 13.1. The van der Waals surface area contributed by atoms with Gasteiger partial charge in [-0.05, 0) is 66.7 Å². The molecule has 0 fully saturated rings. The van der Waals surface area contributed by atoms with Crippen molar-refractivity contribution in [3.05, 3.63) is 100 Å². The number of nitrogens with two attached hydrogens (primary N) is 1. The molecule has 0 spiro atoms. The van der Waals surface area contributed by atoms with Crippen LogP contribution in [0.5, 0.6) is 0 Å². The summed E-state index contributed by atoms with van der Waals surface area (Å²) in [6, 6.07) is 20.7. The highest BCUT2D eigenvalue weighted by atomic mass is 19.2. The van der Waals surface area contributed by atoms with Crippen LogP contribution < -0.4 is 5.73 Å². The zero-order valence-corrected chi connectivity index (χ0v) is 29.0. The quantitative estimate of drug-likeness (QED) is 0.0585. The average molecular weight is 663 g/mol. The number of carbonyl (C=O) groups is 1. The first kappa shape index (κ1) is 43.1. The molecule has 2 N–H and O–H groups in total. The first-order valence-corrected chi connectivity index (χ1v) is 16.2. The Bertz CT molecular complexity index is 1330. The van der Waals surface area contributed by atoms with Gasteiger partial charge in [0, 0.05) is 11.3 Å². The lowest BCUT2D eigenvalue weighted by Crippen LogP contribution is -2.14. The van der Waals surface area contributed by atoms with Gasteiger partial charge in [0.05, 0.1) is 18.4 Å². The number of ether oxygens (including phenoxy) is 1. The number of rotatable bonds is 10. The van der Waals surface area contributed by atoms with Crippen molar-refractivity contribution >= 4 is 11.7 Å². The van der Waals surface area contributed by atoms with Gasteiger partial charge in [-0.3, -0.25) is 4.79 Å². The van der Waals surface area contributed by atoms with Gasteiger partial charge in [0.25, 0.3) is 0 Å². The van der Waals surface area contributed by atoms with Crippen molar-refractivity contribution in [2.45, 2.75) is 105 Å². The first-order chi connectivity index (χ1) is 22.2. The van der Waals surface area contributed by atoms with Gasteiger partial charge in [0.1, 0.15) is 6.61 Å². The predicted octanol–water partition coefficient (Wildman–Crippen LogP) is 11.4. The Labute approximate surface area is 278 Å². The monoisotopic (exact) mass is 662 g/mol. The molecule has 47 heavy (non-hydrogen) atoms. The second-order valence-electron chi connectivity index (χ2n) is 11.4. The topological polar surface area (TPSA) is 76.1 Å². The number of hydrogen-bond acceptors (Lipinski definition) is 4. The second-order valence-corrected chi connectivity index (χ2v) is 11.4. The number of esters is 1. The van der Waals surface area contributed by atoms with Crippen LogP contribution in [0.1, 0.15) is 122 Å². The van der Waals surface area contributed by atoms with Gasteiger partial charge >= 0.3 is 5.97 Å². The van der Waals surface area contributed by atoms with E-state index in [9.17, 15) is 26.7 Å². The minimum absolute atomic E-state index is 0.0475. The van der Waals surface area contributed by atoms with Crippen LogP contribution in [-0.4, -0.2) is 12.6 Å². The molecule has 3 aromatic rings. The molecule has 0 saturated carbocycles. The number of carbonyl (C=O) groups excluding carboxylic acids is 1. The van der Waals surface area contributed by atoms with Gasteiger partial charge < -0.3 is 10.5 Å². The van der Waals surface area contributed by atoms with E-state index in [1.165, 1.54) is 30.9 Å². The zero-order chi connectivity index (χ0) is 36.1. The third-order valence-electron chi connectivity index (χ3n) is 7.92. The average Bonchev–Trinajstić information content (AvgIpc) is 3.10. The molecule has 0 aromatic heterocycles. The second kappa shape index (κ2) is 23.4. The molecule has 4 atom stereocenters. The Balaban J connectivity index is 0.000000608. The van der Waals surface area contributed by atoms with Gasteiger partial charge in [-0.1, -0.05) is 97.9 Å². The minimum atomic E-state index is -2.11. The number of halogens is 5. The minimum Gasteiger partial charge on any atom is -0.464 e. The molecular weight excluding hydrogens is 611 g/mol. The van der Waals surface area contributed by atoms with Crippen LogP contribution >= 0.6 is 0 Å². The van der Waals surface area contributed by atoms with E-state index >= 15 is 0 Å². The number of benzene rings is 3. The smallest absolute Gasteiger partial charge is 0.308 e. The van der Waals surface area contributed by atoms with Crippen molar-refractivity contribution in [2.75, 3.05) is 12.3 Å². The summed E-state index contributed by atoms with van der Waals surface area (Å²) in [5.41, 5.74) is 8.50. The van der Waals surface area contributed by atoms with Gasteiger partial charge in [-0.15, -0.1) is 0 Å². The van der Waals surface area contributed by atoms with E-state index in [2.05, 4.69) is 70.2 Å². The van der Waals surface area contributed by atoms with Crippen molar-refractivity contribution in [3.63, 3.8) is 0 Å². The number of hydrogen-bond donors (Lipinski definition) is 1. The molecule has 0 radical (unpaired) electrons. The molecule has 4 nitrogen and oxygen atoms in total. The molecule has 0 amide bonds. The standard InChI is InChI=1S/C10H9F5.C10H15N.C10H14.C8H13NO2/c1-3-4(2)5-6(11)8(13)10(15)9(14)7(5)12;1-3-8(2)9-4-6-10(11)7-5-9;1-3-9(2)10-7-5-4-6-8-10;1-3-7(2)8(10)11-6-4-5-9/h4H,3H2,1-2H3;4-8H,3,11H2,1-2H3;4-9H,3H2,1-2H3;7H,3-4,6H2,1-2H3. The third-order valence-corrected chi connectivity index (χ3v) is 7.92. The fraction of sp³-hybridized carbons (Fsp3) is 0.474. The van der Waals surface area contributed by atoms with E-state index in [0.29, 0.717) is 18.3 Å². The van der Waals surface area contributed by atoms with Crippen molar-refractivity contribution < 1.29 is 31.5 Å². The van der Waals surface area contributed by atoms with E-state index in [0.717, 1.165) is 12.1 Å². The highest BCUT2D eigenvalue weighted by Crippen LogP contribution is 2.30. The molecule has 3 aromatic carbocycles. The van der Waals surface area contributed by atoms with Crippen LogP contribution in [0.4, 0.5) is 27.6 Å². The lowest BCUT2D eigenvalue weighted by atomic mass is 9.97. The Kier molecular flexibility index (Phi) is 21.4. The molecule has 0 aliphatic rings. The van der Waals surface area contributed by atoms with Crippen LogP contribution in [0.25, 0.3) is 0 Å². The van der Waals surface area contributed by atoms with Gasteiger partial charge in [-0.25, -0.2) is 22.0 Å². The molecule has 0 saturated heterocycles. The Hall–Kier alpha value is -3.93. The van der Waals surface area contributed by atoms with Crippen molar-refractivity contribution in [1.82, 2.24) is 0 Å². The van der Waals surface area contributed by atoms with Crippen molar-refractivity contribution in [3.8, 4) is 6.07 Å². The largest absolute Gasteiger partial charge is 0.464 e. The van der Waals surface area contributed by atoms with Gasteiger partial charge in [-0.2, -0.15) is 5.26 Å². The third kappa shape index (κ3) is 15.0. The van der Waals surface area contributed by atoms with E-state index in [1.54, 1.807) is 6.92 Å². The van der Waals surface area contributed by atoms with Crippen LogP contribution in [-0.2, 0) is 9.53 Å². The summed E-state index contributed by atoms with van der Waals surface area (Å²) in [6.45, 7) is 15.9. The highest BCUT2D eigenvalue weighted by Gasteiger charge is 2.27. The summed E-state index contributed by atoms with van der Waals surface area (Å²) in [5.74, 6) is -8.96. The normalized spacial score (nSPS) is 12.7. The summed E-state index contributed by atoms with van der Waals surface area (Å²) in [6.07, 6.45) is 3.76. The van der Waals surface area contributed by atoms with Gasteiger partial charge in [0.15, 0.2) is 23.3 Å². The lowest BCUT2D eigenvalue weighted by molar-refractivity contribution is -0.147. The first-order valence-electron chi connectivity index (χ1n) is 16.2. The van der Waals surface area contributed by atoms with Crippen molar-refractivity contribution in [1.29, 1.82) is 5.26 Å². The summed E-state index contributed by atoms with van der Waals surface area (Å²) < 4.78 is 69.1. The Morgan fingerprint density at radius 3 is 1.51 bits per heavy atom. The zero-order valence-electron chi connectivity index (χ0n) is 29.0. The summed E-state index contributed by atoms with van der Waals surface area (Å²) in [7, 11) is 0. The van der Waals surface area contributed by atoms with Crippen LogP contribution in [0.2, 0.25) is 0 Å². The molecule has 0 heterocycles. The van der Waals surface area contributed by atoms with E-state index in [1.807, 2.05) is 32.0 Å². The number of anilines is 1. The maximum Gasteiger partial charge on any atom is 0.308 e. The highest BCUT2D eigenvalue weighted by molar-refractivity contribution is 5.71. The molecule has 0 aliphatic carbocycles. The molecule has 0 bridgehead atoms. The molecule has 260 valence electrons. The number of nitriles is 1. The lowest BCUT2D eigenvalue weighted by Gasteiger charge is -2.12. The summed E-state index contributed by atoms with van der Waals surface area (Å²) >= 11 is 0. The number of nitrogen functional groups attached to an aromatic ring is 1. The summed E-state index contributed by atoms with van der Waals surface area (Å²) in [5, 5.41) is 8.13. The molecule has 3 rings (SSSR count). The fourth-order valence-electron chi connectivity index (χ4n) is 3.84. The molecule has 4 unspecified atom stereocenters. The van der Waals surface area contributed by atoms with Crippen LogP contribution in [0.3, 0.4) is 0 Å². The van der Waals surface area contributed by atoms with E-state index in [-0.39, 0.29) is 24.9 Å². The predicted molar refractivity (Wildman–Crippen MR) is 180 cm³/mol. The SMILES string of the molecule is CCC(C)C(=O)OCCC#N.CCC(C)c1c(F)c(F)c(F)c(F)c1F.CCC(C)c1ccc(N)cc1.CCC(C)c1ccccc1. The van der Waals surface area contributed by atoms with E-state index in [4.69, 9.17) is 15.7 Å². The molecular formula is C38H51F5N2O2. The summed E-state index contributed by atoms with van der Waals surface area (Å²) in [4.78, 5) is 10.9. The maximum atomic E-state index is 13.1. The van der Waals surface area contributed by atoms with Crippen LogP contribution in [0, 0.1) is 46.3 Å². The number of nitrogens with zero attached hydrogens (tertiary/aromatic N) is 1. The van der Waals surface area contributed by atoms with Crippen LogP contribution in [0.15, 0.2) is 54.6 Å². The molecule has 0 aliphatic heterocycles. The van der Waals surface area contributed by atoms with E-state index < -0.39 is 40.6 Å². The Morgan fingerprint density at radius 1 is 0.681 bits per heavy atom.